The standard InChI is InChI=1S/C20H22O5/c1-13(15-9-5-3-6-10-15)17(19(21)22)25-18(20(23)24)14(2)16-11-7-4-8-12-16/h3-14,17-18H,1-2H3,(H,21,22)(H,23,24). The Morgan fingerprint density at radius 2 is 1.04 bits per heavy atom. The number of aliphatic carboxylic acids is 2. The van der Waals surface area contributed by atoms with Crippen molar-refractivity contribution in [3.8, 4) is 0 Å². The van der Waals surface area contributed by atoms with Gasteiger partial charge in [-0.25, -0.2) is 9.59 Å². The third kappa shape index (κ3) is 4.67. The van der Waals surface area contributed by atoms with Gasteiger partial charge in [-0.2, -0.15) is 0 Å². The first kappa shape index (κ1) is 18.7. The lowest BCUT2D eigenvalue weighted by Gasteiger charge is -2.28. The maximum Gasteiger partial charge on any atom is 0.333 e. The second kappa shape index (κ2) is 8.44. The number of carbonyl (C=O) groups is 2. The molecular formula is C20H22O5. The fourth-order valence-corrected chi connectivity index (χ4v) is 2.80. The fourth-order valence-electron chi connectivity index (χ4n) is 2.80. The molecule has 132 valence electrons. The molecule has 5 heteroatoms. The molecule has 0 aliphatic rings. The summed E-state index contributed by atoms with van der Waals surface area (Å²) < 4.78 is 5.61. The van der Waals surface area contributed by atoms with Gasteiger partial charge in [-0.3, -0.25) is 0 Å². The van der Waals surface area contributed by atoms with Crippen molar-refractivity contribution in [3.05, 3.63) is 71.8 Å². The molecule has 2 rings (SSSR count). The van der Waals surface area contributed by atoms with Crippen LogP contribution in [0.25, 0.3) is 0 Å². The van der Waals surface area contributed by atoms with Gasteiger partial charge in [0.2, 0.25) is 0 Å². The lowest BCUT2D eigenvalue weighted by molar-refractivity contribution is -0.168. The normalized spacial score (nSPS) is 15.8. The molecule has 0 saturated heterocycles. The van der Waals surface area contributed by atoms with Crippen molar-refractivity contribution < 1.29 is 24.5 Å². The Hall–Kier alpha value is -2.66. The first-order chi connectivity index (χ1) is 11.9. The lowest BCUT2D eigenvalue weighted by Crippen LogP contribution is -2.39. The van der Waals surface area contributed by atoms with Crippen molar-refractivity contribution in [2.75, 3.05) is 0 Å². The fraction of sp³-hybridized carbons (Fsp3) is 0.300. The van der Waals surface area contributed by atoms with Gasteiger partial charge in [-0.1, -0.05) is 74.5 Å². The molecule has 25 heavy (non-hydrogen) atoms. The first-order valence-electron chi connectivity index (χ1n) is 8.12. The molecule has 0 spiro atoms. The minimum absolute atomic E-state index is 0.483. The molecule has 5 nitrogen and oxygen atoms in total. The summed E-state index contributed by atoms with van der Waals surface area (Å²) in [6, 6.07) is 18.1. The van der Waals surface area contributed by atoms with Crippen LogP contribution in [0.4, 0.5) is 0 Å². The highest BCUT2D eigenvalue weighted by molar-refractivity contribution is 5.77. The second-order valence-corrected chi connectivity index (χ2v) is 6.05. The Morgan fingerprint density at radius 3 is 1.32 bits per heavy atom. The zero-order chi connectivity index (χ0) is 18.4. The predicted molar refractivity (Wildman–Crippen MR) is 93.6 cm³/mol. The van der Waals surface area contributed by atoms with E-state index in [1.807, 2.05) is 36.4 Å². The zero-order valence-corrected chi connectivity index (χ0v) is 14.2. The van der Waals surface area contributed by atoms with Gasteiger partial charge in [0.05, 0.1) is 0 Å². The monoisotopic (exact) mass is 342 g/mol. The quantitative estimate of drug-likeness (QED) is 0.767. The zero-order valence-electron chi connectivity index (χ0n) is 14.2. The Bertz CT molecular complexity index is 637. The van der Waals surface area contributed by atoms with Crippen LogP contribution in [0.3, 0.4) is 0 Å². The highest BCUT2D eigenvalue weighted by atomic mass is 16.5. The third-order valence-electron chi connectivity index (χ3n) is 4.34. The molecule has 2 aromatic rings. The Morgan fingerprint density at radius 1 is 0.720 bits per heavy atom. The molecule has 0 amide bonds. The molecule has 0 heterocycles. The van der Waals surface area contributed by atoms with Gasteiger partial charge in [0, 0.05) is 11.8 Å². The van der Waals surface area contributed by atoms with Gasteiger partial charge in [0.15, 0.2) is 12.2 Å². The average Bonchev–Trinajstić information content (AvgIpc) is 2.62. The SMILES string of the molecule is CC(c1ccccc1)C(OC(C(=O)O)C(C)c1ccccc1)C(=O)O. The molecular weight excluding hydrogens is 320 g/mol. The van der Waals surface area contributed by atoms with E-state index in [1.165, 1.54) is 0 Å². The summed E-state index contributed by atoms with van der Waals surface area (Å²) in [7, 11) is 0. The van der Waals surface area contributed by atoms with Crippen LogP contribution in [0.15, 0.2) is 60.7 Å². The van der Waals surface area contributed by atoms with E-state index < -0.39 is 36.0 Å². The van der Waals surface area contributed by atoms with E-state index >= 15 is 0 Å². The summed E-state index contributed by atoms with van der Waals surface area (Å²) in [5.41, 5.74) is 1.57. The summed E-state index contributed by atoms with van der Waals surface area (Å²) >= 11 is 0. The van der Waals surface area contributed by atoms with Gasteiger partial charge in [0.1, 0.15) is 0 Å². The molecule has 0 bridgehead atoms. The van der Waals surface area contributed by atoms with Crippen LogP contribution in [0.2, 0.25) is 0 Å². The predicted octanol–water partition coefficient (Wildman–Crippen LogP) is 3.52. The minimum Gasteiger partial charge on any atom is -0.479 e. The summed E-state index contributed by atoms with van der Waals surface area (Å²) in [5.74, 6) is -3.32. The van der Waals surface area contributed by atoms with E-state index in [2.05, 4.69) is 0 Å². The molecule has 0 aromatic heterocycles. The van der Waals surface area contributed by atoms with Crippen molar-refractivity contribution in [1.29, 1.82) is 0 Å². The number of carboxylic acid groups (broad SMARTS) is 2. The van der Waals surface area contributed by atoms with E-state index in [0.717, 1.165) is 11.1 Å². The molecule has 0 aliphatic carbocycles. The van der Waals surface area contributed by atoms with E-state index in [0.29, 0.717) is 0 Å². The minimum atomic E-state index is -1.25. The molecule has 0 fully saturated rings. The van der Waals surface area contributed by atoms with E-state index in [4.69, 9.17) is 4.74 Å². The number of ether oxygens (including phenoxy) is 1. The highest BCUT2D eigenvalue weighted by Crippen LogP contribution is 2.28. The third-order valence-corrected chi connectivity index (χ3v) is 4.34. The molecule has 4 atom stereocenters. The van der Waals surface area contributed by atoms with Crippen LogP contribution in [0.5, 0.6) is 0 Å². The molecule has 4 unspecified atom stereocenters. The van der Waals surface area contributed by atoms with Gasteiger partial charge < -0.3 is 14.9 Å². The van der Waals surface area contributed by atoms with Crippen LogP contribution in [-0.2, 0) is 14.3 Å². The molecule has 0 aliphatic heterocycles. The van der Waals surface area contributed by atoms with E-state index in [-0.39, 0.29) is 0 Å². The summed E-state index contributed by atoms with van der Waals surface area (Å²) in [6.45, 7) is 3.44. The molecule has 0 saturated carbocycles. The summed E-state index contributed by atoms with van der Waals surface area (Å²) in [6.07, 6.45) is -2.51. The van der Waals surface area contributed by atoms with Crippen molar-refractivity contribution in [2.24, 2.45) is 0 Å². The Balaban J connectivity index is 2.25. The topological polar surface area (TPSA) is 83.8 Å². The highest BCUT2D eigenvalue weighted by Gasteiger charge is 2.35. The lowest BCUT2D eigenvalue weighted by atomic mass is 9.92. The number of rotatable bonds is 8. The van der Waals surface area contributed by atoms with Gasteiger partial charge in [0.25, 0.3) is 0 Å². The van der Waals surface area contributed by atoms with Crippen molar-refractivity contribution in [1.82, 2.24) is 0 Å². The van der Waals surface area contributed by atoms with Gasteiger partial charge in [-0.15, -0.1) is 0 Å². The van der Waals surface area contributed by atoms with Gasteiger partial charge in [-0.05, 0) is 11.1 Å². The Labute approximate surface area is 146 Å². The van der Waals surface area contributed by atoms with Crippen LogP contribution in [0, 0.1) is 0 Å². The average molecular weight is 342 g/mol. The smallest absolute Gasteiger partial charge is 0.333 e. The van der Waals surface area contributed by atoms with Crippen LogP contribution < -0.4 is 0 Å². The van der Waals surface area contributed by atoms with E-state index in [1.54, 1.807) is 38.1 Å². The van der Waals surface area contributed by atoms with Crippen molar-refractivity contribution in [3.63, 3.8) is 0 Å². The van der Waals surface area contributed by atoms with Crippen LogP contribution in [-0.4, -0.2) is 34.4 Å². The summed E-state index contributed by atoms with van der Waals surface area (Å²) in [4.78, 5) is 23.4. The maximum atomic E-state index is 11.7. The van der Waals surface area contributed by atoms with Crippen molar-refractivity contribution >= 4 is 11.9 Å². The number of benzene rings is 2. The summed E-state index contributed by atoms with van der Waals surface area (Å²) in [5, 5.41) is 19.1. The first-order valence-corrected chi connectivity index (χ1v) is 8.12. The second-order valence-electron chi connectivity index (χ2n) is 6.05. The largest absolute Gasteiger partial charge is 0.479 e. The molecule has 0 radical (unpaired) electrons. The number of hydrogen-bond donors (Lipinski definition) is 2. The van der Waals surface area contributed by atoms with Crippen LogP contribution in [0.1, 0.15) is 36.8 Å². The number of carboxylic acids is 2. The van der Waals surface area contributed by atoms with Crippen molar-refractivity contribution in [2.45, 2.75) is 37.9 Å². The van der Waals surface area contributed by atoms with E-state index in [9.17, 15) is 19.8 Å². The molecule has 2 aromatic carbocycles. The molecule has 2 N–H and O–H groups in total. The number of hydrogen-bond acceptors (Lipinski definition) is 3. The Kier molecular flexibility index (Phi) is 6.31. The maximum absolute atomic E-state index is 11.7. The van der Waals surface area contributed by atoms with Gasteiger partial charge >= 0.3 is 11.9 Å². The van der Waals surface area contributed by atoms with Crippen LogP contribution >= 0.6 is 0 Å².